The van der Waals surface area contributed by atoms with Crippen LogP contribution in [-0.2, 0) is 6.54 Å². The van der Waals surface area contributed by atoms with Crippen molar-refractivity contribution in [3.8, 4) is 11.6 Å². The normalized spacial score (nSPS) is 10.7. The van der Waals surface area contributed by atoms with Crippen molar-refractivity contribution in [1.82, 2.24) is 10.3 Å². The molecule has 1 heterocycles. The zero-order valence-electron chi connectivity index (χ0n) is 12.1. The molecule has 0 aliphatic rings. The number of hydrogen-bond donors (Lipinski definition) is 1. The molecule has 0 atom stereocenters. The van der Waals surface area contributed by atoms with Crippen LogP contribution in [0.25, 0.3) is 0 Å². The van der Waals surface area contributed by atoms with Crippen LogP contribution in [0.3, 0.4) is 0 Å². The minimum absolute atomic E-state index is 0.0968. The van der Waals surface area contributed by atoms with E-state index in [1.807, 2.05) is 6.92 Å². The monoisotopic (exact) mass is 292 g/mol. The van der Waals surface area contributed by atoms with E-state index in [1.54, 1.807) is 13.0 Å². The highest BCUT2D eigenvalue weighted by Gasteiger charge is 2.12. The van der Waals surface area contributed by atoms with E-state index in [4.69, 9.17) is 4.74 Å². The Labute approximate surface area is 123 Å². The maximum Gasteiger partial charge on any atom is 0.256 e. The van der Waals surface area contributed by atoms with Gasteiger partial charge in [0.2, 0.25) is 0 Å². The van der Waals surface area contributed by atoms with Crippen LogP contribution in [0.2, 0.25) is 0 Å². The zero-order chi connectivity index (χ0) is 15.2. The first-order valence-electron chi connectivity index (χ1n) is 6.90. The van der Waals surface area contributed by atoms with Crippen molar-refractivity contribution in [2.45, 2.75) is 26.8 Å². The first kappa shape index (κ1) is 15.4. The molecule has 2 aromatic rings. The predicted molar refractivity (Wildman–Crippen MR) is 77.4 cm³/mol. The molecule has 0 amide bonds. The second-order valence-electron chi connectivity index (χ2n) is 4.78. The number of hydrogen-bond acceptors (Lipinski definition) is 3. The Kier molecular flexibility index (Phi) is 5.22. The Bertz CT molecular complexity index is 617. The molecular weight excluding hydrogens is 274 g/mol. The van der Waals surface area contributed by atoms with E-state index >= 15 is 0 Å². The third-order valence-electron chi connectivity index (χ3n) is 3.02. The molecule has 0 spiro atoms. The van der Waals surface area contributed by atoms with Crippen molar-refractivity contribution < 1.29 is 13.5 Å². The molecule has 1 aromatic carbocycles. The van der Waals surface area contributed by atoms with Gasteiger partial charge in [-0.15, -0.1) is 0 Å². The highest BCUT2D eigenvalue weighted by atomic mass is 19.1. The second-order valence-corrected chi connectivity index (χ2v) is 4.78. The topological polar surface area (TPSA) is 34.2 Å². The summed E-state index contributed by atoms with van der Waals surface area (Å²) >= 11 is 0. The molecule has 0 bridgehead atoms. The molecule has 21 heavy (non-hydrogen) atoms. The van der Waals surface area contributed by atoms with E-state index in [0.717, 1.165) is 13.0 Å². The van der Waals surface area contributed by atoms with Gasteiger partial charge in [0, 0.05) is 18.3 Å². The molecule has 0 saturated carbocycles. The average Bonchev–Trinajstić information content (AvgIpc) is 2.46. The number of benzene rings is 1. The fourth-order valence-corrected chi connectivity index (χ4v) is 1.90. The van der Waals surface area contributed by atoms with E-state index in [2.05, 4.69) is 10.3 Å². The van der Waals surface area contributed by atoms with E-state index in [9.17, 15) is 8.78 Å². The zero-order valence-corrected chi connectivity index (χ0v) is 12.1. The molecule has 3 nitrogen and oxygen atoms in total. The van der Waals surface area contributed by atoms with Crippen LogP contribution in [0.4, 0.5) is 8.78 Å². The number of nitrogens with one attached hydrogen (secondary N) is 1. The molecular formula is C16H18F2N2O. The number of ether oxygens (including phenoxy) is 1. The molecule has 2 rings (SSSR count). The quantitative estimate of drug-likeness (QED) is 0.818. The summed E-state index contributed by atoms with van der Waals surface area (Å²) in [4.78, 5) is 3.91. The van der Waals surface area contributed by atoms with Crippen LogP contribution in [0.5, 0.6) is 11.6 Å². The predicted octanol–water partition coefficient (Wildman–Crippen LogP) is 3.96. The van der Waals surface area contributed by atoms with Crippen molar-refractivity contribution in [2.75, 3.05) is 6.54 Å². The Morgan fingerprint density at radius 1 is 1.24 bits per heavy atom. The lowest BCUT2D eigenvalue weighted by molar-refractivity contribution is 0.414. The van der Waals surface area contributed by atoms with Gasteiger partial charge in [-0.05, 0) is 49.7 Å². The van der Waals surface area contributed by atoms with Gasteiger partial charge in [0.05, 0.1) is 0 Å². The van der Waals surface area contributed by atoms with E-state index in [0.29, 0.717) is 23.4 Å². The molecule has 0 aliphatic carbocycles. The summed E-state index contributed by atoms with van der Waals surface area (Å²) in [6, 6.07) is 5.68. The maximum absolute atomic E-state index is 14.3. The second kappa shape index (κ2) is 7.13. The Hall–Kier alpha value is -2.01. The third-order valence-corrected chi connectivity index (χ3v) is 3.02. The summed E-state index contributed by atoms with van der Waals surface area (Å²) < 4.78 is 32.8. The SMILES string of the molecule is CCCNCc1ccnc(Oc2ccc(F)cc2C)c1F. The molecule has 1 aromatic heterocycles. The van der Waals surface area contributed by atoms with Gasteiger partial charge >= 0.3 is 0 Å². The van der Waals surface area contributed by atoms with Gasteiger partial charge in [-0.1, -0.05) is 6.92 Å². The van der Waals surface area contributed by atoms with Crippen molar-refractivity contribution >= 4 is 0 Å². The third kappa shape index (κ3) is 3.98. The van der Waals surface area contributed by atoms with E-state index in [1.165, 1.54) is 24.4 Å². The van der Waals surface area contributed by atoms with E-state index < -0.39 is 5.82 Å². The minimum atomic E-state index is -0.496. The summed E-state index contributed by atoms with van der Waals surface area (Å²) in [6.07, 6.45) is 2.48. The maximum atomic E-state index is 14.3. The van der Waals surface area contributed by atoms with Crippen LogP contribution in [0, 0.1) is 18.6 Å². The van der Waals surface area contributed by atoms with Crippen LogP contribution < -0.4 is 10.1 Å². The van der Waals surface area contributed by atoms with Crippen LogP contribution in [-0.4, -0.2) is 11.5 Å². The average molecular weight is 292 g/mol. The van der Waals surface area contributed by atoms with Gasteiger partial charge in [-0.3, -0.25) is 0 Å². The minimum Gasteiger partial charge on any atom is -0.436 e. The fourth-order valence-electron chi connectivity index (χ4n) is 1.90. The number of pyridine rings is 1. The van der Waals surface area contributed by atoms with Crippen LogP contribution in [0.1, 0.15) is 24.5 Å². The van der Waals surface area contributed by atoms with Crippen LogP contribution >= 0.6 is 0 Å². The smallest absolute Gasteiger partial charge is 0.256 e. The van der Waals surface area contributed by atoms with Crippen LogP contribution in [0.15, 0.2) is 30.5 Å². The van der Waals surface area contributed by atoms with E-state index in [-0.39, 0.29) is 11.7 Å². The molecule has 0 saturated heterocycles. The molecule has 5 heteroatoms. The highest BCUT2D eigenvalue weighted by molar-refractivity contribution is 5.36. The van der Waals surface area contributed by atoms with Gasteiger partial charge in [-0.25, -0.2) is 13.8 Å². The summed E-state index contributed by atoms with van der Waals surface area (Å²) in [5.41, 5.74) is 1.08. The number of rotatable bonds is 6. The largest absolute Gasteiger partial charge is 0.436 e. The Balaban J connectivity index is 2.18. The van der Waals surface area contributed by atoms with Gasteiger partial charge < -0.3 is 10.1 Å². The summed E-state index contributed by atoms with van der Waals surface area (Å²) in [7, 11) is 0. The molecule has 112 valence electrons. The number of aromatic nitrogens is 1. The molecule has 1 N–H and O–H groups in total. The van der Waals surface area contributed by atoms with Gasteiger partial charge in [0.25, 0.3) is 5.88 Å². The Morgan fingerprint density at radius 2 is 2.05 bits per heavy atom. The first-order chi connectivity index (χ1) is 10.1. The molecule has 0 aliphatic heterocycles. The lowest BCUT2D eigenvalue weighted by atomic mass is 10.2. The number of aryl methyl sites for hydroxylation is 1. The summed E-state index contributed by atoms with van der Waals surface area (Å²) in [6.45, 7) is 4.97. The van der Waals surface area contributed by atoms with Crippen molar-refractivity contribution in [3.63, 3.8) is 0 Å². The highest BCUT2D eigenvalue weighted by Crippen LogP contribution is 2.27. The standard InChI is InChI=1S/C16H18F2N2O/c1-3-7-19-10-12-6-8-20-16(15(12)18)21-14-5-4-13(17)9-11(14)2/h4-6,8-9,19H,3,7,10H2,1-2H3. The fraction of sp³-hybridized carbons (Fsp3) is 0.312. The lowest BCUT2D eigenvalue weighted by Crippen LogP contribution is -2.15. The summed E-state index contributed by atoms with van der Waals surface area (Å²) in [5.74, 6) is -0.558. The van der Waals surface area contributed by atoms with Crippen molar-refractivity contribution in [1.29, 1.82) is 0 Å². The number of halogens is 2. The molecule has 0 radical (unpaired) electrons. The molecule has 0 fully saturated rings. The summed E-state index contributed by atoms with van der Waals surface area (Å²) in [5, 5.41) is 3.13. The Morgan fingerprint density at radius 3 is 2.76 bits per heavy atom. The number of nitrogens with zero attached hydrogens (tertiary/aromatic N) is 1. The first-order valence-corrected chi connectivity index (χ1v) is 6.90. The van der Waals surface area contributed by atoms with Crippen molar-refractivity contribution in [2.24, 2.45) is 0 Å². The molecule has 0 unspecified atom stereocenters. The lowest BCUT2D eigenvalue weighted by Gasteiger charge is -2.11. The van der Waals surface area contributed by atoms with Crippen molar-refractivity contribution in [3.05, 3.63) is 53.2 Å². The van der Waals surface area contributed by atoms with Gasteiger partial charge in [0.1, 0.15) is 11.6 Å². The van der Waals surface area contributed by atoms with Gasteiger partial charge in [0.15, 0.2) is 5.82 Å². The van der Waals surface area contributed by atoms with Gasteiger partial charge in [-0.2, -0.15) is 0 Å².